The summed E-state index contributed by atoms with van der Waals surface area (Å²) in [5.74, 6) is -0.972. The highest BCUT2D eigenvalue weighted by molar-refractivity contribution is 5.66. The van der Waals surface area contributed by atoms with Crippen LogP contribution in [0.3, 0.4) is 0 Å². The predicted molar refractivity (Wildman–Crippen MR) is 53.5 cm³/mol. The Bertz CT molecular complexity index is 282. The molecule has 100 valence electrons. The van der Waals surface area contributed by atoms with E-state index in [4.69, 9.17) is 5.11 Å². The number of rotatable bonds is 3. The molecule has 1 saturated heterocycles. The molecule has 0 saturated carbocycles. The fourth-order valence-electron chi connectivity index (χ4n) is 1.94. The van der Waals surface area contributed by atoms with Gasteiger partial charge in [-0.25, -0.2) is 0 Å². The van der Waals surface area contributed by atoms with Gasteiger partial charge in [-0.15, -0.1) is 0 Å². The lowest BCUT2D eigenvalue weighted by atomic mass is 9.94. The fourth-order valence-corrected chi connectivity index (χ4v) is 1.94. The topological polar surface area (TPSA) is 60.8 Å². The second-order valence-corrected chi connectivity index (χ2v) is 4.37. The maximum Gasteiger partial charge on any atom is 0.417 e. The molecule has 0 amide bonds. The molecule has 0 aromatic heterocycles. The fraction of sp³-hybridized carbons (Fsp3) is 0.900. The van der Waals surface area contributed by atoms with Gasteiger partial charge in [0.25, 0.3) is 0 Å². The molecule has 1 fully saturated rings. The van der Waals surface area contributed by atoms with Crippen LogP contribution in [0.2, 0.25) is 0 Å². The Labute approximate surface area is 97.0 Å². The summed E-state index contributed by atoms with van der Waals surface area (Å²) in [6.45, 7) is 0.693. The number of carboxylic acid groups (broad SMARTS) is 1. The summed E-state index contributed by atoms with van der Waals surface area (Å²) in [5.41, 5.74) is -2.62. The van der Waals surface area contributed by atoms with Crippen molar-refractivity contribution in [3.63, 3.8) is 0 Å². The van der Waals surface area contributed by atoms with Crippen molar-refractivity contribution in [1.82, 2.24) is 4.90 Å². The molecule has 7 heteroatoms. The van der Waals surface area contributed by atoms with E-state index in [-0.39, 0.29) is 32.4 Å². The Morgan fingerprint density at radius 1 is 1.29 bits per heavy atom. The second-order valence-electron chi connectivity index (χ2n) is 4.37. The number of aliphatic hydroxyl groups is 1. The van der Waals surface area contributed by atoms with Gasteiger partial charge in [-0.3, -0.25) is 4.79 Å². The van der Waals surface area contributed by atoms with Crippen molar-refractivity contribution in [3.05, 3.63) is 0 Å². The predicted octanol–water partition coefficient (Wildman–Crippen LogP) is 1.24. The number of carbonyl (C=O) groups is 1. The van der Waals surface area contributed by atoms with Crippen LogP contribution in [0.15, 0.2) is 0 Å². The van der Waals surface area contributed by atoms with Crippen molar-refractivity contribution in [2.24, 2.45) is 0 Å². The molecular formula is C10H16F3NO3. The number of hydrogen-bond acceptors (Lipinski definition) is 3. The number of nitrogens with zero attached hydrogens (tertiary/aromatic N) is 1. The van der Waals surface area contributed by atoms with E-state index in [1.807, 2.05) is 0 Å². The number of alkyl halides is 3. The van der Waals surface area contributed by atoms with E-state index in [2.05, 4.69) is 0 Å². The first-order valence-electron chi connectivity index (χ1n) is 5.48. The van der Waals surface area contributed by atoms with Crippen LogP contribution >= 0.6 is 0 Å². The van der Waals surface area contributed by atoms with Crippen molar-refractivity contribution >= 4 is 5.97 Å². The highest BCUT2D eigenvalue weighted by Gasteiger charge is 2.53. The van der Waals surface area contributed by atoms with Crippen LogP contribution in [0.1, 0.15) is 25.7 Å². The first kappa shape index (κ1) is 14.2. The third-order valence-electron chi connectivity index (χ3n) is 3.08. The molecule has 2 N–H and O–H groups in total. The van der Waals surface area contributed by atoms with Crippen LogP contribution in [0, 0.1) is 0 Å². The summed E-state index contributed by atoms with van der Waals surface area (Å²) in [4.78, 5) is 12.0. The van der Waals surface area contributed by atoms with Gasteiger partial charge in [-0.2, -0.15) is 13.2 Å². The molecule has 17 heavy (non-hydrogen) atoms. The Balaban J connectivity index is 2.52. The van der Waals surface area contributed by atoms with Crippen LogP contribution in [0.5, 0.6) is 0 Å². The lowest BCUT2D eigenvalue weighted by Gasteiger charge is -2.29. The lowest BCUT2D eigenvalue weighted by molar-refractivity contribution is -0.263. The van der Waals surface area contributed by atoms with Gasteiger partial charge in [-0.1, -0.05) is 0 Å². The standard InChI is InChI=1S/C10H16F3NO3/c11-10(12,13)9(17)3-1-5-14(7-4-9)6-2-8(15)16/h17H,1-7H2,(H,15,16). The Kier molecular flexibility index (Phi) is 4.37. The molecule has 0 radical (unpaired) electrons. The first-order valence-corrected chi connectivity index (χ1v) is 5.48. The van der Waals surface area contributed by atoms with Gasteiger partial charge in [0.1, 0.15) is 0 Å². The number of aliphatic carboxylic acids is 1. The van der Waals surface area contributed by atoms with E-state index in [1.54, 1.807) is 4.90 Å². The monoisotopic (exact) mass is 255 g/mol. The van der Waals surface area contributed by atoms with Gasteiger partial charge in [0.05, 0.1) is 6.42 Å². The van der Waals surface area contributed by atoms with Gasteiger partial charge < -0.3 is 15.1 Å². The maximum atomic E-state index is 12.6. The molecule has 1 rings (SSSR count). The summed E-state index contributed by atoms with van der Waals surface area (Å²) in [5, 5.41) is 18.0. The summed E-state index contributed by atoms with van der Waals surface area (Å²) in [7, 11) is 0. The largest absolute Gasteiger partial charge is 0.481 e. The van der Waals surface area contributed by atoms with Gasteiger partial charge in [0.15, 0.2) is 5.60 Å². The highest BCUT2D eigenvalue weighted by atomic mass is 19.4. The first-order chi connectivity index (χ1) is 7.74. The highest BCUT2D eigenvalue weighted by Crippen LogP contribution is 2.38. The summed E-state index contributed by atoms with van der Waals surface area (Å²) < 4.78 is 37.8. The zero-order valence-corrected chi connectivity index (χ0v) is 9.33. The molecule has 1 atom stereocenters. The second kappa shape index (κ2) is 5.22. The molecule has 1 aliphatic heterocycles. The van der Waals surface area contributed by atoms with Gasteiger partial charge in [-0.05, 0) is 25.8 Å². The Morgan fingerprint density at radius 2 is 1.94 bits per heavy atom. The number of hydrogen-bond donors (Lipinski definition) is 2. The zero-order valence-electron chi connectivity index (χ0n) is 9.33. The quantitative estimate of drug-likeness (QED) is 0.796. The SMILES string of the molecule is O=C(O)CCN1CCCC(O)(C(F)(F)F)CC1. The Morgan fingerprint density at radius 3 is 2.47 bits per heavy atom. The molecule has 4 nitrogen and oxygen atoms in total. The summed E-state index contributed by atoms with van der Waals surface area (Å²) in [6.07, 6.45) is -5.20. The molecule has 0 spiro atoms. The third kappa shape index (κ3) is 3.85. The van der Waals surface area contributed by atoms with Crippen LogP contribution in [0.25, 0.3) is 0 Å². The van der Waals surface area contributed by atoms with Crippen LogP contribution in [-0.4, -0.2) is 52.5 Å². The van der Waals surface area contributed by atoms with Crippen LogP contribution in [0.4, 0.5) is 13.2 Å². The minimum absolute atomic E-state index is 0.0727. The molecule has 0 aromatic rings. The lowest BCUT2D eigenvalue weighted by Crippen LogP contribution is -2.45. The van der Waals surface area contributed by atoms with E-state index in [1.165, 1.54) is 0 Å². The average molecular weight is 255 g/mol. The molecular weight excluding hydrogens is 239 g/mol. The van der Waals surface area contributed by atoms with E-state index in [0.717, 1.165) is 0 Å². The van der Waals surface area contributed by atoms with Gasteiger partial charge >= 0.3 is 12.1 Å². The number of halogens is 3. The van der Waals surface area contributed by atoms with Crippen molar-refractivity contribution in [2.45, 2.75) is 37.5 Å². The molecule has 0 aliphatic carbocycles. The number of likely N-dealkylation sites (tertiary alicyclic amines) is 1. The van der Waals surface area contributed by atoms with Crippen molar-refractivity contribution in [1.29, 1.82) is 0 Å². The Hall–Kier alpha value is -0.820. The smallest absolute Gasteiger partial charge is 0.417 e. The number of carboxylic acids is 1. The zero-order chi connectivity index (χ0) is 13.1. The van der Waals surface area contributed by atoms with E-state index in [0.29, 0.717) is 6.54 Å². The average Bonchev–Trinajstić information content (AvgIpc) is 2.37. The van der Waals surface area contributed by atoms with Gasteiger partial charge in [0.2, 0.25) is 0 Å². The van der Waals surface area contributed by atoms with E-state index in [9.17, 15) is 23.1 Å². The van der Waals surface area contributed by atoms with Crippen molar-refractivity contribution in [2.75, 3.05) is 19.6 Å². The minimum atomic E-state index is -4.62. The normalized spacial score (nSPS) is 27.8. The summed E-state index contributed by atoms with van der Waals surface area (Å²) >= 11 is 0. The summed E-state index contributed by atoms with van der Waals surface area (Å²) in [6, 6.07) is 0. The van der Waals surface area contributed by atoms with E-state index >= 15 is 0 Å². The third-order valence-corrected chi connectivity index (χ3v) is 3.08. The molecule has 1 heterocycles. The molecule has 0 bridgehead atoms. The van der Waals surface area contributed by atoms with Crippen LogP contribution in [-0.2, 0) is 4.79 Å². The van der Waals surface area contributed by atoms with Crippen molar-refractivity contribution < 1.29 is 28.2 Å². The molecule has 1 aliphatic rings. The van der Waals surface area contributed by atoms with Gasteiger partial charge in [0, 0.05) is 13.1 Å². The molecule has 1 unspecified atom stereocenters. The molecule has 0 aromatic carbocycles. The van der Waals surface area contributed by atoms with E-state index < -0.39 is 24.2 Å². The van der Waals surface area contributed by atoms with Crippen LogP contribution < -0.4 is 0 Å². The minimum Gasteiger partial charge on any atom is -0.481 e. The van der Waals surface area contributed by atoms with Crippen molar-refractivity contribution in [3.8, 4) is 0 Å². The maximum absolute atomic E-state index is 12.6.